The lowest BCUT2D eigenvalue weighted by Crippen LogP contribution is -2.19. The highest BCUT2D eigenvalue weighted by Gasteiger charge is 2.24. The average molecular weight is 412 g/mol. The minimum Gasteiger partial charge on any atom is -0.866 e. The maximum Gasteiger partial charge on any atom is 0.307 e. The standard InChI is InChI=1S/C10H19FN2.C6H2N4O6/c1-10-12-7-9-13(10)8-5-3-2-4-6-11;11-6-3(10(14)15)1-2(9(12)13)4-5(6)8-16-7-4/h2-9H2,1H3;1,11H. The van der Waals surface area contributed by atoms with E-state index in [4.69, 9.17) is 0 Å². The van der Waals surface area contributed by atoms with Gasteiger partial charge < -0.3 is 5.11 Å². The number of unbranched alkanes of at least 4 members (excludes halogenated alkanes) is 3. The van der Waals surface area contributed by atoms with E-state index in [1.54, 1.807) is 0 Å². The smallest absolute Gasteiger partial charge is 0.307 e. The number of nitro groups is 2. The van der Waals surface area contributed by atoms with Crippen molar-refractivity contribution < 1.29 is 28.5 Å². The van der Waals surface area contributed by atoms with Crippen LogP contribution < -0.4 is 10.4 Å². The van der Waals surface area contributed by atoms with E-state index in [2.05, 4.69) is 31.8 Å². The maximum absolute atomic E-state index is 11.8. The summed E-state index contributed by atoms with van der Waals surface area (Å²) < 4.78 is 18.3. The van der Waals surface area contributed by atoms with Gasteiger partial charge in [-0.3, -0.25) is 34.5 Å². The summed E-state index contributed by atoms with van der Waals surface area (Å²) in [5.41, 5.74) is -2.56. The Kier molecular flexibility index (Phi) is 7.74. The molecule has 2 heterocycles. The Morgan fingerprint density at radius 1 is 1.14 bits per heavy atom. The molecule has 0 saturated heterocycles. The molecule has 2 aromatic rings. The summed E-state index contributed by atoms with van der Waals surface area (Å²) in [6.45, 7) is 5.31. The van der Waals surface area contributed by atoms with Gasteiger partial charge in [0, 0.05) is 12.7 Å². The molecule has 0 aliphatic carbocycles. The van der Waals surface area contributed by atoms with E-state index in [1.165, 1.54) is 12.3 Å². The van der Waals surface area contributed by atoms with Gasteiger partial charge in [-0.05, 0) is 29.6 Å². The highest BCUT2D eigenvalue weighted by Crippen LogP contribution is 2.36. The van der Waals surface area contributed by atoms with E-state index in [1.807, 2.05) is 0 Å². The van der Waals surface area contributed by atoms with Crippen molar-refractivity contribution >= 4 is 28.2 Å². The van der Waals surface area contributed by atoms with Crippen LogP contribution in [0.1, 0.15) is 32.6 Å². The third-order valence-corrected chi connectivity index (χ3v) is 4.39. The molecule has 0 amide bonds. The Morgan fingerprint density at radius 3 is 2.38 bits per heavy atom. The number of nitrogens with one attached hydrogen (secondary N) is 1. The Hall–Kier alpha value is -3.38. The van der Waals surface area contributed by atoms with Crippen molar-refractivity contribution in [3.8, 4) is 5.75 Å². The van der Waals surface area contributed by atoms with Gasteiger partial charge in [0.25, 0.3) is 5.69 Å². The number of halogens is 1. The predicted octanol–water partition coefficient (Wildman–Crippen LogP) is 1.66. The van der Waals surface area contributed by atoms with Crippen LogP contribution in [-0.4, -0.2) is 56.9 Å². The van der Waals surface area contributed by atoms with Gasteiger partial charge in [-0.2, -0.15) is 0 Å². The molecule has 0 atom stereocenters. The predicted molar refractivity (Wildman–Crippen MR) is 97.7 cm³/mol. The van der Waals surface area contributed by atoms with Gasteiger partial charge in [0.1, 0.15) is 18.6 Å². The average Bonchev–Trinajstić information content (AvgIpc) is 3.31. The highest BCUT2D eigenvalue weighted by atomic mass is 19.1. The summed E-state index contributed by atoms with van der Waals surface area (Å²) in [4.78, 5) is 19.1. The first-order chi connectivity index (χ1) is 13.9. The fourth-order valence-corrected chi connectivity index (χ4v) is 2.85. The van der Waals surface area contributed by atoms with E-state index in [0.717, 1.165) is 38.9 Å². The Bertz CT molecular complexity index is 915. The van der Waals surface area contributed by atoms with Gasteiger partial charge in [0.15, 0.2) is 0 Å². The maximum atomic E-state index is 11.8. The molecule has 12 nitrogen and oxygen atoms in total. The van der Waals surface area contributed by atoms with Crippen molar-refractivity contribution in [3.05, 3.63) is 26.3 Å². The third-order valence-electron chi connectivity index (χ3n) is 4.39. The lowest BCUT2D eigenvalue weighted by molar-refractivity contribution is -0.518. The fraction of sp³-hybridized carbons (Fsp3) is 0.562. The molecule has 0 bridgehead atoms. The van der Waals surface area contributed by atoms with E-state index in [9.17, 15) is 29.7 Å². The number of fused-ring (bicyclic) bond motifs is 1. The number of aromatic nitrogens is 2. The lowest BCUT2D eigenvalue weighted by Gasteiger charge is -2.04. The zero-order chi connectivity index (χ0) is 21.4. The van der Waals surface area contributed by atoms with E-state index in [-0.39, 0.29) is 6.67 Å². The molecule has 0 unspecified atom stereocenters. The fourth-order valence-electron chi connectivity index (χ4n) is 2.85. The number of non-ortho nitro benzene ring substituents is 1. The molecule has 0 spiro atoms. The molecule has 1 aromatic carbocycles. The minimum absolute atomic E-state index is 0.156. The van der Waals surface area contributed by atoms with Crippen LogP contribution in [0.5, 0.6) is 5.75 Å². The number of nitrogens with zero attached hydrogens (tertiary/aromatic N) is 5. The number of alkyl halides is 1. The second-order valence-electron chi connectivity index (χ2n) is 6.32. The summed E-state index contributed by atoms with van der Waals surface area (Å²) >= 11 is 0. The van der Waals surface area contributed by atoms with Crippen molar-refractivity contribution in [3.63, 3.8) is 0 Å². The third kappa shape index (κ3) is 5.56. The lowest BCUT2D eigenvalue weighted by atomic mass is 10.2. The van der Waals surface area contributed by atoms with Crippen molar-refractivity contribution in [2.24, 2.45) is 0 Å². The summed E-state index contributed by atoms with van der Waals surface area (Å²) in [6.07, 6.45) is 4.13. The molecule has 1 N–H and O–H groups in total. The molecule has 13 heteroatoms. The number of nitro benzene ring substituents is 2. The van der Waals surface area contributed by atoms with Gasteiger partial charge in [0.05, 0.1) is 29.1 Å². The molecule has 1 aliphatic heterocycles. The first-order valence-corrected chi connectivity index (χ1v) is 9.00. The van der Waals surface area contributed by atoms with E-state index < -0.39 is 38.0 Å². The summed E-state index contributed by atoms with van der Waals surface area (Å²) in [5, 5.41) is 42.0. The minimum atomic E-state index is -1.06. The zero-order valence-corrected chi connectivity index (χ0v) is 15.8. The van der Waals surface area contributed by atoms with E-state index >= 15 is 0 Å². The highest BCUT2D eigenvalue weighted by molar-refractivity contribution is 5.91. The van der Waals surface area contributed by atoms with Crippen molar-refractivity contribution in [1.29, 1.82) is 0 Å². The molecule has 0 saturated carbocycles. The largest absolute Gasteiger partial charge is 0.866 e. The van der Waals surface area contributed by atoms with Crippen LogP contribution in [-0.2, 0) is 0 Å². The van der Waals surface area contributed by atoms with Gasteiger partial charge in [-0.25, -0.2) is 4.63 Å². The van der Waals surface area contributed by atoms with Gasteiger partial charge >= 0.3 is 5.69 Å². The van der Waals surface area contributed by atoms with Crippen LogP contribution in [0.25, 0.3) is 11.0 Å². The van der Waals surface area contributed by atoms with Crippen LogP contribution in [0.15, 0.2) is 10.7 Å². The Morgan fingerprint density at radius 2 is 1.79 bits per heavy atom. The second-order valence-corrected chi connectivity index (χ2v) is 6.32. The summed E-state index contributed by atoms with van der Waals surface area (Å²) in [5.74, 6) is 0.234. The first kappa shape index (κ1) is 21.9. The van der Waals surface area contributed by atoms with Crippen LogP contribution in [0, 0.1) is 20.2 Å². The normalized spacial score (nSPS) is 13.2. The Labute approximate surface area is 164 Å². The quantitative estimate of drug-likeness (QED) is 0.294. The summed E-state index contributed by atoms with van der Waals surface area (Å²) in [6, 6.07) is 0.537. The van der Waals surface area contributed by atoms with Gasteiger partial charge in [-0.15, -0.1) is 0 Å². The number of hydrogen-bond donors (Lipinski definition) is 1. The number of hydrogen-bond acceptors (Lipinski definition) is 9. The first-order valence-electron chi connectivity index (χ1n) is 9.00. The molecular formula is C16H21FN6O6. The van der Waals surface area contributed by atoms with Gasteiger partial charge in [0.2, 0.25) is 11.4 Å². The SMILES string of the molecule is CC1=[N+](CCCCCCF)CCN1.O=[N+]([O-])c1cc([N+](=O)[O-])c2nonc2c1[O-]. The topological polar surface area (TPSA) is 163 Å². The molecule has 1 aliphatic rings. The molecule has 1 aromatic heterocycles. The van der Waals surface area contributed by atoms with Crippen LogP contribution in [0.2, 0.25) is 0 Å². The summed E-state index contributed by atoms with van der Waals surface area (Å²) in [7, 11) is 0. The van der Waals surface area contributed by atoms with E-state index in [0.29, 0.717) is 6.07 Å². The van der Waals surface area contributed by atoms with Crippen LogP contribution >= 0.6 is 0 Å². The number of rotatable bonds is 8. The molecule has 0 radical (unpaired) electrons. The molecular weight excluding hydrogens is 391 g/mol. The number of benzene rings is 1. The molecule has 158 valence electrons. The van der Waals surface area contributed by atoms with Crippen LogP contribution in [0.4, 0.5) is 15.8 Å². The van der Waals surface area contributed by atoms with Crippen molar-refractivity contribution in [2.75, 3.05) is 26.3 Å². The zero-order valence-electron chi connectivity index (χ0n) is 15.8. The molecule has 3 rings (SSSR count). The van der Waals surface area contributed by atoms with Crippen molar-refractivity contribution in [2.45, 2.75) is 32.6 Å². The second kappa shape index (κ2) is 10.2. The molecule has 0 fully saturated rings. The monoisotopic (exact) mass is 412 g/mol. The number of amidine groups is 1. The Balaban J connectivity index is 0.000000212. The van der Waals surface area contributed by atoms with Gasteiger partial charge in [-0.1, -0.05) is 6.42 Å². The molecule has 29 heavy (non-hydrogen) atoms. The van der Waals surface area contributed by atoms with Crippen molar-refractivity contribution in [1.82, 2.24) is 15.6 Å². The van der Waals surface area contributed by atoms with Crippen LogP contribution in [0.3, 0.4) is 0 Å².